The van der Waals surface area contributed by atoms with Crippen molar-refractivity contribution in [1.82, 2.24) is 15.2 Å². The third-order valence-corrected chi connectivity index (χ3v) is 3.50. The van der Waals surface area contributed by atoms with Gasteiger partial charge in [0.2, 0.25) is 5.95 Å². The molecule has 0 amide bonds. The van der Waals surface area contributed by atoms with Crippen LogP contribution in [-0.4, -0.2) is 15.2 Å². The highest BCUT2D eigenvalue weighted by atomic mass is 19.4. The van der Waals surface area contributed by atoms with Gasteiger partial charge in [-0.1, -0.05) is 12.1 Å². The maximum atomic E-state index is 12.8. The molecule has 0 aliphatic carbocycles. The molecule has 0 aliphatic heterocycles. The lowest BCUT2D eigenvalue weighted by Gasteiger charge is -2.11. The van der Waals surface area contributed by atoms with Crippen molar-refractivity contribution in [2.45, 2.75) is 20.0 Å². The fourth-order valence-electron chi connectivity index (χ4n) is 2.51. The van der Waals surface area contributed by atoms with E-state index in [0.29, 0.717) is 5.82 Å². The Morgan fingerprint density at radius 1 is 0.885 bits per heavy atom. The molecule has 0 unspecified atom stereocenters. The van der Waals surface area contributed by atoms with Gasteiger partial charge in [-0.2, -0.15) is 23.3 Å². The Morgan fingerprint density at radius 3 is 2.31 bits per heavy atom. The first-order valence-corrected chi connectivity index (χ1v) is 7.79. The Kier molecular flexibility index (Phi) is 4.75. The topological polar surface area (TPSA) is 62.7 Å². The van der Waals surface area contributed by atoms with Crippen LogP contribution in [0.1, 0.15) is 16.7 Å². The molecule has 0 bridgehead atoms. The Hall–Kier alpha value is -3.16. The summed E-state index contributed by atoms with van der Waals surface area (Å²) in [5, 5.41) is 13.5. The van der Waals surface area contributed by atoms with E-state index >= 15 is 0 Å². The molecule has 3 aromatic rings. The number of nitrogens with one attached hydrogen (secondary N) is 2. The van der Waals surface area contributed by atoms with E-state index in [1.165, 1.54) is 18.3 Å². The van der Waals surface area contributed by atoms with Crippen LogP contribution >= 0.6 is 0 Å². The van der Waals surface area contributed by atoms with Crippen LogP contribution in [0.3, 0.4) is 0 Å². The molecule has 0 saturated carbocycles. The SMILES string of the molecule is Cc1cc(C)cc(Nc2cnnc(Nc3cccc(C(F)(F)F)c3)n2)c1. The minimum absolute atomic E-state index is 0.0960. The quantitative estimate of drug-likeness (QED) is 0.687. The molecule has 0 spiro atoms. The maximum Gasteiger partial charge on any atom is 0.416 e. The number of rotatable bonds is 4. The lowest BCUT2D eigenvalue weighted by Crippen LogP contribution is -2.06. The largest absolute Gasteiger partial charge is 0.416 e. The average molecular weight is 359 g/mol. The second kappa shape index (κ2) is 6.99. The number of alkyl halides is 3. The number of halogens is 3. The summed E-state index contributed by atoms with van der Waals surface area (Å²) in [6, 6.07) is 10.8. The molecule has 0 fully saturated rings. The van der Waals surface area contributed by atoms with Gasteiger partial charge >= 0.3 is 6.18 Å². The van der Waals surface area contributed by atoms with E-state index < -0.39 is 11.7 Å². The molecule has 2 N–H and O–H groups in total. The predicted octanol–water partition coefficient (Wildman–Crippen LogP) is 4.99. The van der Waals surface area contributed by atoms with Crippen LogP contribution in [0.15, 0.2) is 48.7 Å². The molecule has 0 atom stereocenters. The van der Waals surface area contributed by atoms with Crippen LogP contribution in [0.4, 0.5) is 36.3 Å². The smallest absolute Gasteiger partial charge is 0.339 e. The van der Waals surface area contributed by atoms with Crippen LogP contribution in [0.25, 0.3) is 0 Å². The zero-order chi connectivity index (χ0) is 18.7. The van der Waals surface area contributed by atoms with Crippen LogP contribution in [0, 0.1) is 13.8 Å². The number of hydrogen-bond donors (Lipinski definition) is 2. The predicted molar refractivity (Wildman–Crippen MR) is 93.8 cm³/mol. The first-order valence-electron chi connectivity index (χ1n) is 7.79. The average Bonchev–Trinajstić information content (AvgIpc) is 2.53. The van der Waals surface area contributed by atoms with E-state index in [0.717, 1.165) is 28.9 Å². The van der Waals surface area contributed by atoms with Gasteiger partial charge in [0.15, 0.2) is 5.82 Å². The van der Waals surface area contributed by atoms with Crippen molar-refractivity contribution in [3.63, 3.8) is 0 Å². The summed E-state index contributed by atoms with van der Waals surface area (Å²) in [5.41, 5.74) is 2.51. The van der Waals surface area contributed by atoms with Gasteiger partial charge in [0, 0.05) is 11.4 Å². The van der Waals surface area contributed by atoms with Gasteiger partial charge in [-0.05, 0) is 55.3 Å². The molecule has 2 aromatic carbocycles. The van der Waals surface area contributed by atoms with Gasteiger partial charge in [0.1, 0.15) is 0 Å². The number of aryl methyl sites for hydroxylation is 2. The molecule has 0 radical (unpaired) electrons. The van der Waals surface area contributed by atoms with Crippen molar-refractivity contribution in [2.75, 3.05) is 10.6 Å². The van der Waals surface area contributed by atoms with Gasteiger partial charge in [0.05, 0.1) is 11.8 Å². The fraction of sp³-hybridized carbons (Fsp3) is 0.167. The zero-order valence-electron chi connectivity index (χ0n) is 14.1. The van der Waals surface area contributed by atoms with E-state index in [1.807, 2.05) is 32.0 Å². The van der Waals surface area contributed by atoms with E-state index in [1.54, 1.807) is 0 Å². The van der Waals surface area contributed by atoms with Crippen molar-refractivity contribution in [3.8, 4) is 0 Å². The number of nitrogens with zero attached hydrogens (tertiary/aromatic N) is 3. The Bertz CT molecular complexity index is 904. The lowest BCUT2D eigenvalue weighted by molar-refractivity contribution is -0.137. The normalized spacial score (nSPS) is 11.3. The van der Waals surface area contributed by atoms with Crippen molar-refractivity contribution in [1.29, 1.82) is 0 Å². The third-order valence-electron chi connectivity index (χ3n) is 3.50. The summed E-state index contributed by atoms with van der Waals surface area (Å²) >= 11 is 0. The molecular weight excluding hydrogens is 343 g/mol. The summed E-state index contributed by atoms with van der Waals surface area (Å²) in [7, 11) is 0. The molecule has 0 aliphatic rings. The summed E-state index contributed by atoms with van der Waals surface area (Å²) in [6.45, 7) is 3.97. The van der Waals surface area contributed by atoms with Crippen LogP contribution in [0.5, 0.6) is 0 Å². The molecule has 5 nitrogen and oxygen atoms in total. The number of aromatic nitrogens is 3. The van der Waals surface area contributed by atoms with Gasteiger partial charge < -0.3 is 10.6 Å². The molecular formula is C18H16F3N5. The second-order valence-corrected chi connectivity index (χ2v) is 5.87. The lowest BCUT2D eigenvalue weighted by atomic mass is 10.1. The molecule has 0 saturated heterocycles. The summed E-state index contributed by atoms with van der Waals surface area (Å²) in [4.78, 5) is 4.24. The van der Waals surface area contributed by atoms with Gasteiger partial charge in [-0.25, -0.2) is 0 Å². The molecule has 1 aromatic heterocycles. The summed E-state index contributed by atoms with van der Waals surface area (Å²) < 4.78 is 38.4. The standard InChI is InChI=1S/C18H16F3N5/c1-11-6-12(2)8-15(7-11)23-16-10-22-26-17(25-16)24-14-5-3-4-13(9-14)18(19,20)21/h3-10H,1-2H3,(H2,23,24,25,26). The maximum absolute atomic E-state index is 12.8. The van der Waals surface area contributed by atoms with Crippen molar-refractivity contribution < 1.29 is 13.2 Å². The first-order chi connectivity index (χ1) is 12.3. The van der Waals surface area contributed by atoms with Gasteiger partial charge in [0.25, 0.3) is 0 Å². The highest BCUT2D eigenvalue weighted by Gasteiger charge is 2.30. The molecule has 134 valence electrons. The van der Waals surface area contributed by atoms with Crippen LogP contribution < -0.4 is 10.6 Å². The minimum Gasteiger partial charge on any atom is -0.339 e. The van der Waals surface area contributed by atoms with Crippen molar-refractivity contribution >= 4 is 23.1 Å². The fourth-order valence-corrected chi connectivity index (χ4v) is 2.51. The highest BCUT2D eigenvalue weighted by molar-refractivity contribution is 5.60. The third kappa shape index (κ3) is 4.47. The van der Waals surface area contributed by atoms with Crippen molar-refractivity contribution in [2.24, 2.45) is 0 Å². The Labute approximate surface area is 148 Å². The van der Waals surface area contributed by atoms with E-state index in [4.69, 9.17) is 0 Å². The van der Waals surface area contributed by atoms with E-state index in [9.17, 15) is 13.2 Å². The van der Waals surface area contributed by atoms with E-state index in [-0.39, 0.29) is 11.6 Å². The zero-order valence-corrected chi connectivity index (χ0v) is 14.1. The van der Waals surface area contributed by atoms with Gasteiger partial charge in [-0.3, -0.25) is 0 Å². The number of anilines is 4. The Morgan fingerprint density at radius 2 is 1.62 bits per heavy atom. The summed E-state index contributed by atoms with van der Waals surface area (Å²) in [6.07, 6.45) is -2.97. The minimum atomic E-state index is -4.41. The Balaban J connectivity index is 1.79. The molecule has 1 heterocycles. The number of hydrogen-bond acceptors (Lipinski definition) is 5. The molecule has 3 rings (SSSR count). The van der Waals surface area contributed by atoms with Crippen molar-refractivity contribution in [3.05, 3.63) is 65.4 Å². The highest BCUT2D eigenvalue weighted by Crippen LogP contribution is 2.31. The second-order valence-electron chi connectivity index (χ2n) is 5.87. The number of benzene rings is 2. The van der Waals surface area contributed by atoms with Crippen LogP contribution in [0.2, 0.25) is 0 Å². The van der Waals surface area contributed by atoms with E-state index in [2.05, 4.69) is 25.8 Å². The molecule has 26 heavy (non-hydrogen) atoms. The summed E-state index contributed by atoms with van der Waals surface area (Å²) in [5.74, 6) is 0.526. The monoisotopic (exact) mass is 359 g/mol. The molecule has 8 heteroatoms. The first kappa shape index (κ1) is 17.7. The van der Waals surface area contributed by atoms with Crippen LogP contribution in [-0.2, 0) is 6.18 Å². The van der Waals surface area contributed by atoms with Gasteiger partial charge in [-0.15, -0.1) is 5.10 Å².